The third-order valence-electron chi connectivity index (χ3n) is 11.1. The molecule has 3 aliphatic rings. The molecular weight excluding hydrogens is 658 g/mol. The number of hydrogen-bond donors (Lipinski definition) is 1. The largest absolute Gasteiger partial charge is 0.461 e. The van der Waals surface area contributed by atoms with Crippen LogP contribution in [0.25, 0.3) is 0 Å². The molecule has 2 saturated carbocycles. The van der Waals surface area contributed by atoms with Crippen molar-refractivity contribution in [2.24, 2.45) is 16.7 Å². The summed E-state index contributed by atoms with van der Waals surface area (Å²) in [5.74, 6) is -3.97. The Kier molecular flexibility index (Phi) is 11.6. The molecule has 0 spiro atoms. The molecule has 0 bridgehead atoms. The van der Waals surface area contributed by atoms with Crippen LogP contribution in [0, 0.1) is 16.7 Å². The summed E-state index contributed by atoms with van der Waals surface area (Å²) in [5.41, 5.74) is -2.28. The Morgan fingerprint density at radius 1 is 0.882 bits per heavy atom. The minimum Gasteiger partial charge on any atom is -0.461 e. The van der Waals surface area contributed by atoms with Gasteiger partial charge in [-0.25, -0.2) is 0 Å². The Morgan fingerprint density at radius 2 is 1.43 bits per heavy atom. The maximum absolute atomic E-state index is 13.7. The van der Waals surface area contributed by atoms with E-state index < -0.39 is 82.7 Å². The van der Waals surface area contributed by atoms with Crippen molar-refractivity contribution in [1.82, 2.24) is 4.90 Å². The van der Waals surface area contributed by atoms with Crippen LogP contribution in [0.4, 0.5) is 0 Å². The molecule has 1 aromatic rings. The van der Waals surface area contributed by atoms with Crippen LogP contribution >= 0.6 is 0 Å². The van der Waals surface area contributed by atoms with Crippen LogP contribution in [0.3, 0.4) is 0 Å². The molecular formula is C39H53NO11. The van der Waals surface area contributed by atoms with Crippen molar-refractivity contribution < 1.29 is 52.8 Å². The molecule has 12 nitrogen and oxygen atoms in total. The number of carbonyl (C=O) groups excluding carboxylic acids is 5. The minimum atomic E-state index is -1.72. The van der Waals surface area contributed by atoms with E-state index in [1.54, 1.807) is 20.8 Å². The molecule has 0 aromatic heterocycles. The van der Waals surface area contributed by atoms with Gasteiger partial charge in [0.2, 0.25) is 0 Å². The summed E-state index contributed by atoms with van der Waals surface area (Å²) in [4.78, 5) is 66.9. The van der Waals surface area contributed by atoms with Gasteiger partial charge in [0.25, 0.3) is 0 Å². The highest BCUT2D eigenvalue weighted by Crippen LogP contribution is 2.66. The zero-order chi connectivity index (χ0) is 38.2. The third kappa shape index (κ3) is 7.62. The molecule has 4 rings (SSSR count). The second-order valence-electron chi connectivity index (χ2n) is 15.2. The van der Waals surface area contributed by atoms with Crippen LogP contribution in [0.1, 0.15) is 92.7 Å². The average Bonchev–Trinajstić information content (AvgIpc) is 3.27. The molecule has 0 aliphatic heterocycles. The average molecular weight is 712 g/mol. The number of hydrogen-bond acceptors (Lipinski definition) is 12. The fraction of sp³-hybridized carbons (Fsp3) is 0.615. The highest BCUT2D eigenvalue weighted by molar-refractivity contribution is 5.72. The Hall–Kier alpha value is -4.03. The van der Waals surface area contributed by atoms with Gasteiger partial charge in [-0.3, -0.25) is 24.0 Å². The molecule has 0 unspecified atom stereocenters. The molecule has 1 N–H and O–H groups in total. The van der Waals surface area contributed by atoms with E-state index in [4.69, 9.17) is 23.7 Å². The highest BCUT2D eigenvalue weighted by atomic mass is 16.6. The Labute approximate surface area is 300 Å². The zero-order valence-corrected chi connectivity index (χ0v) is 31.4. The molecule has 0 amide bonds. The van der Waals surface area contributed by atoms with Crippen LogP contribution in [-0.4, -0.2) is 90.1 Å². The van der Waals surface area contributed by atoms with Crippen molar-refractivity contribution in [3.05, 3.63) is 59.2 Å². The van der Waals surface area contributed by atoms with Crippen molar-refractivity contribution >= 4 is 29.8 Å². The lowest BCUT2D eigenvalue weighted by Crippen LogP contribution is -2.60. The fourth-order valence-corrected chi connectivity index (χ4v) is 8.93. The van der Waals surface area contributed by atoms with E-state index >= 15 is 0 Å². The molecule has 9 atom stereocenters. The molecule has 0 saturated heterocycles. The standard InChI is InChI=1S/C39H53NO11/c1-21-29(51-31(45)19-28(40(10)11)27-15-13-12-14-16-27)17-18-38(9)33(21)35(49-25(5)43)39(37(7,8)46)20-30(47-23(3)41)22(2)32(39)34(48-24(4)42)36(38)50-26(6)44/h12-16,28-30,33-36,46H,1,17-20H2,2-11H3/t28-,29+,30+,33+,34-,35+,36+,38-,39+/m1/s1. The lowest BCUT2D eigenvalue weighted by molar-refractivity contribution is -0.193. The second kappa shape index (κ2) is 14.9. The van der Waals surface area contributed by atoms with Gasteiger partial charge in [-0.05, 0) is 70.0 Å². The zero-order valence-electron chi connectivity index (χ0n) is 31.4. The van der Waals surface area contributed by atoms with Crippen LogP contribution in [-0.2, 0) is 47.7 Å². The Balaban J connectivity index is 1.93. The van der Waals surface area contributed by atoms with Gasteiger partial charge in [-0.15, -0.1) is 0 Å². The van der Waals surface area contributed by atoms with E-state index in [2.05, 4.69) is 6.58 Å². The number of benzene rings is 1. The SMILES string of the molecule is C=C1[C@@H](OC(=O)C[C@H](c2ccccc2)N(C)C)CC[C@@]2(C)[C@@H](OC(C)=O)[C@H](OC(C)=O)C3=C(C)[C@@H](OC(C)=O)C[C@@]3(C(C)(C)O)[C@@H](OC(C)=O)[C@H]12. The van der Waals surface area contributed by atoms with E-state index in [0.29, 0.717) is 16.7 Å². The number of aliphatic hydroxyl groups is 1. The lowest BCUT2D eigenvalue weighted by Gasteiger charge is -2.54. The van der Waals surface area contributed by atoms with Crippen molar-refractivity contribution in [2.75, 3.05) is 14.1 Å². The molecule has 0 heterocycles. The molecule has 3 aliphatic carbocycles. The summed E-state index contributed by atoms with van der Waals surface area (Å²) in [6, 6.07) is 9.34. The van der Waals surface area contributed by atoms with Gasteiger partial charge < -0.3 is 33.7 Å². The summed E-state index contributed by atoms with van der Waals surface area (Å²) in [5, 5.41) is 12.3. The second-order valence-corrected chi connectivity index (χ2v) is 15.2. The number of ether oxygens (including phenoxy) is 5. The molecule has 280 valence electrons. The summed E-state index contributed by atoms with van der Waals surface area (Å²) in [6.07, 6.45) is -4.88. The smallest absolute Gasteiger partial charge is 0.308 e. The first-order chi connectivity index (χ1) is 23.6. The third-order valence-corrected chi connectivity index (χ3v) is 11.1. The van der Waals surface area contributed by atoms with Gasteiger partial charge in [0.05, 0.1) is 17.4 Å². The summed E-state index contributed by atoms with van der Waals surface area (Å²) in [7, 11) is 3.77. The highest BCUT2D eigenvalue weighted by Gasteiger charge is 2.72. The van der Waals surface area contributed by atoms with Crippen molar-refractivity contribution in [3.8, 4) is 0 Å². The van der Waals surface area contributed by atoms with E-state index in [9.17, 15) is 29.1 Å². The monoisotopic (exact) mass is 711 g/mol. The quantitative estimate of drug-likeness (QED) is 0.202. The minimum absolute atomic E-state index is 0.0461. The van der Waals surface area contributed by atoms with Crippen LogP contribution < -0.4 is 0 Å². The molecule has 2 fully saturated rings. The first-order valence-electron chi connectivity index (χ1n) is 17.4. The number of rotatable bonds is 10. The topological polar surface area (TPSA) is 155 Å². The van der Waals surface area contributed by atoms with Crippen LogP contribution in [0.2, 0.25) is 0 Å². The Morgan fingerprint density at radius 3 is 1.94 bits per heavy atom. The van der Waals surface area contributed by atoms with Gasteiger partial charge in [0.1, 0.15) is 24.4 Å². The summed E-state index contributed by atoms with van der Waals surface area (Å²) in [6.45, 7) is 16.1. The number of carbonyl (C=O) groups is 5. The van der Waals surface area contributed by atoms with Crippen molar-refractivity contribution in [2.45, 2.75) is 123 Å². The van der Waals surface area contributed by atoms with Crippen LogP contribution in [0.15, 0.2) is 53.6 Å². The van der Waals surface area contributed by atoms with E-state index in [1.807, 2.05) is 56.3 Å². The van der Waals surface area contributed by atoms with Gasteiger partial charge in [0, 0.05) is 51.5 Å². The number of fused-ring (bicyclic) bond motifs is 2. The van der Waals surface area contributed by atoms with Crippen molar-refractivity contribution in [3.63, 3.8) is 0 Å². The fourth-order valence-electron chi connectivity index (χ4n) is 8.93. The van der Waals surface area contributed by atoms with Crippen LogP contribution in [0.5, 0.6) is 0 Å². The van der Waals surface area contributed by atoms with Gasteiger partial charge in [0.15, 0.2) is 6.10 Å². The molecule has 1 aromatic carbocycles. The molecule has 51 heavy (non-hydrogen) atoms. The predicted molar refractivity (Wildman–Crippen MR) is 186 cm³/mol. The predicted octanol–water partition coefficient (Wildman–Crippen LogP) is 4.78. The van der Waals surface area contributed by atoms with Crippen molar-refractivity contribution in [1.29, 1.82) is 0 Å². The first-order valence-corrected chi connectivity index (χ1v) is 17.4. The molecule has 12 heteroatoms. The summed E-state index contributed by atoms with van der Waals surface area (Å²) < 4.78 is 30.4. The normalized spacial score (nSPS) is 31.1. The molecule has 0 radical (unpaired) electrons. The van der Waals surface area contributed by atoms with Gasteiger partial charge in [-0.2, -0.15) is 0 Å². The maximum atomic E-state index is 13.7. The van der Waals surface area contributed by atoms with E-state index in [1.165, 1.54) is 27.7 Å². The van der Waals surface area contributed by atoms with E-state index in [0.717, 1.165) is 5.56 Å². The van der Waals surface area contributed by atoms with E-state index in [-0.39, 0.29) is 31.7 Å². The maximum Gasteiger partial charge on any atom is 0.308 e. The number of esters is 5. The Bertz CT molecular complexity index is 1580. The van der Waals surface area contributed by atoms with Gasteiger partial charge in [-0.1, -0.05) is 43.8 Å². The first kappa shape index (κ1) is 39.8. The lowest BCUT2D eigenvalue weighted by atomic mass is 9.55. The number of nitrogens with zero attached hydrogens (tertiary/aromatic N) is 1. The summed E-state index contributed by atoms with van der Waals surface area (Å²) >= 11 is 0. The van der Waals surface area contributed by atoms with Gasteiger partial charge >= 0.3 is 29.8 Å².